The molecule has 26 heavy (non-hydrogen) atoms. The van der Waals surface area contributed by atoms with Crippen molar-refractivity contribution >= 4 is 34.7 Å². The molecular formula is C15H12F2N6O2S. The Morgan fingerprint density at radius 2 is 2.12 bits per heavy atom. The molecule has 1 aromatic carbocycles. The van der Waals surface area contributed by atoms with Crippen LogP contribution < -0.4 is 16.6 Å². The lowest BCUT2D eigenvalue weighted by atomic mass is 10.2. The van der Waals surface area contributed by atoms with Gasteiger partial charge in [-0.25, -0.2) is 23.7 Å². The van der Waals surface area contributed by atoms with Crippen molar-refractivity contribution in [3.8, 4) is 0 Å². The van der Waals surface area contributed by atoms with Gasteiger partial charge in [-0.1, -0.05) is 23.9 Å². The van der Waals surface area contributed by atoms with Gasteiger partial charge in [-0.3, -0.25) is 9.59 Å². The van der Waals surface area contributed by atoms with Crippen molar-refractivity contribution in [3.05, 3.63) is 51.9 Å². The third-order valence-corrected chi connectivity index (χ3v) is 4.13. The van der Waals surface area contributed by atoms with Crippen molar-refractivity contribution in [2.45, 2.75) is 10.9 Å². The zero-order valence-corrected chi connectivity index (χ0v) is 13.9. The molecule has 1 amide bonds. The monoisotopic (exact) mass is 378 g/mol. The van der Waals surface area contributed by atoms with Gasteiger partial charge in [-0.05, 0) is 6.07 Å². The maximum Gasteiger partial charge on any atom is 0.268 e. The Labute approximate surface area is 149 Å². The molecule has 2 aromatic heterocycles. The van der Waals surface area contributed by atoms with E-state index in [4.69, 9.17) is 5.73 Å². The number of H-pyrrole nitrogens is 1. The van der Waals surface area contributed by atoms with Crippen molar-refractivity contribution in [1.82, 2.24) is 19.9 Å². The van der Waals surface area contributed by atoms with Gasteiger partial charge in [-0.15, -0.1) is 0 Å². The van der Waals surface area contributed by atoms with Crippen molar-refractivity contribution < 1.29 is 13.6 Å². The Morgan fingerprint density at radius 3 is 2.88 bits per heavy atom. The largest absolute Gasteiger partial charge is 0.368 e. The molecule has 3 rings (SSSR count). The number of anilines is 1. The van der Waals surface area contributed by atoms with Crippen LogP contribution in [0, 0.1) is 11.6 Å². The van der Waals surface area contributed by atoms with Gasteiger partial charge in [0.15, 0.2) is 28.3 Å². The number of aromatic nitrogens is 4. The van der Waals surface area contributed by atoms with E-state index >= 15 is 0 Å². The summed E-state index contributed by atoms with van der Waals surface area (Å²) in [7, 11) is 0. The SMILES string of the molecule is NC(=O)CNc1nc(SCc2cccc(F)c2F)nc2[nH]c(=O)cnc12. The van der Waals surface area contributed by atoms with E-state index in [2.05, 4.69) is 25.3 Å². The number of hydrogen-bond donors (Lipinski definition) is 3. The van der Waals surface area contributed by atoms with Crippen LogP contribution in [-0.2, 0) is 10.5 Å². The summed E-state index contributed by atoms with van der Waals surface area (Å²) in [4.78, 5) is 37.2. The standard InChI is InChI=1S/C15H12F2N6O2S/c16-8-3-1-2-7(11(8)17)6-26-15-22-13(20-4-9(18)24)12-14(23-15)21-10(25)5-19-12/h1-3,5H,4,6H2,(H2,18,24)(H2,20,21,22,23,25). The van der Waals surface area contributed by atoms with Crippen molar-refractivity contribution in [2.24, 2.45) is 5.73 Å². The lowest BCUT2D eigenvalue weighted by molar-refractivity contribution is -0.116. The number of nitrogens with two attached hydrogens (primary N) is 1. The van der Waals surface area contributed by atoms with Crippen molar-refractivity contribution in [3.63, 3.8) is 0 Å². The van der Waals surface area contributed by atoms with Gasteiger partial charge < -0.3 is 16.0 Å². The number of nitrogens with one attached hydrogen (secondary N) is 2. The molecule has 2 heterocycles. The van der Waals surface area contributed by atoms with Crippen LogP contribution in [0.25, 0.3) is 11.2 Å². The van der Waals surface area contributed by atoms with E-state index in [0.717, 1.165) is 24.0 Å². The summed E-state index contributed by atoms with van der Waals surface area (Å²) in [6.07, 6.45) is 1.05. The second kappa shape index (κ2) is 7.44. The average Bonchev–Trinajstić information content (AvgIpc) is 2.60. The molecule has 0 saturated carbocycles. The minimum absolute atomic E-state index is 0.0643. The fourth-order valence-corrected chi connectivity index (χ4v) is 2.90. The zero-order valence-electron chi connectivity index (χ0n) is 13.1. The molecule has 0 atom stereocenters. The first-order valence-electron chi connectivity index (χ1n) is 7.29. The zero-order chi connectivity index (χ0) is 18.7. The lowest BCUT2D eigenvalue weighted by Gasteiger charge is -2.09. The number of primary amides is 1. The highest BCUT2D eigenvalue weighted by Crippen LogP contribution is 2.25. The molecular weight excluding hydrogens is 366 g/mol. The first-order chi connectivity index (χ1) is 12.4. The number of fused-ring (bicyclic) bond motifs is 1. The molecule has 0 aliphatic carbocycles. The number of carbonyl (C=O) groups is 1. The highest BCUT2D eigenvalue weighted by atomic mass is 32.2. The van der Waals surface area contributed by atoms with Crippen LogP contribution in [0.15, 0.2) is 34.3 Å². The summed E-state index contributed by atoms with van der Waals surface area (Å²) in [5.74, 6) is -2.25. The van der Waals surface area contributed by atoms with Gasteiger partial charge in [0.1, 0.15) is 5.52 Å². The number of carbonyl (C=O) groups excluding carboxylic acids is 1. The Kier molecular flexibility index (Phi) is 5.07. The molecule has 0 saturated heterocycles. The van der Waals surface area contributed by atoms with Gasteiger partial charge in [0, 0.05) is 11.3 Å². The topological polar surface area (TPSA) is 127 Å². The fraction of sp³-hybridized carbons (Fsp3) is 0.133. The van der Waals surface area contributed by atoms with Crippen molar-refractivity contribution in [2.75, 3.05) is 11.9 Å². The molecule has 0 radical (unpaired) electrons. The van der Waals surface area contributed by atoms with Crippen LogP contribution in [0.5, 0.6) is 0 Å². The fourth-order valence-electron chi connectivity index (χ4n) is 2.08. The van der Waals surface area contributed by atoms with E-state index in [-0.39, 0.29) is 40.0 Å². The van der Waals surface area contributed by atoms with Crippen LogP contribution in [0.1, 0.15) is 5.56 Å². The van der Waals surface area contributed by atoms with Gasteiger partial charge in [0.2, 0.25) is 5.91 Å². The van der Waals surface area contributed by atoms with E-state index in [1.165, 1.54) is 12.1 Å². The van der Waals surface area contributed by atoms with E-state index in [1.54, 1.807) is 0 Å². The number of aromatic amines is 1. The maximum absolute atomic E-state index is 13.7. The third-order valence-electron chi connectivity index (χ3n) is 3.23. The molecule has 0 spiro atoms. The summed E-state index contributed by atoms with van der Waals surface area (Å²) < 4.78 is 27.0. The molecule has 0 aliphatic rings. The summed E-state index contributed by atoms with van der Waals surface area (Å²) in [5, 5.41) is 2.89. The summed E-state index contributed by atoms with van der Waals surface area (Å²) >= 11 is 1.03. The Hall–Kier alpha value is -3.08. The van der Waals surface area contributed by atoms with Crippen LogP contribution in [-0.4, -0.2) is 32.4 Å². The van der Waals surface area contributed by atoms with Gasteiger partial charge >= 0.3 is 0 Å². The molecule has 11 heteroatoms. The quantitative estimate of drug-likeness (QED) is 0.434. The smallest absolute Gasteiger partial charge is 0.268 e. The summed E-state index contributed by atoms with van der Waals surface area (Å²) in [6.45, 7) is -0.199. The molecule has 0 unspecified atom stereocenters. The number of amides is 1. The molecule has 3 aromatic rings. The Balaban J connectivity index is 1.93. The van der Waals surface area contributed by atoms with Gasteiger partial charge in [-0.2, -0.15) is 0 Å². The molecule has 0 aliphatic heterocycles. The Morgan fingerprint density at radius 1 is 1.31 bits per heavy atom. The Bertz CT molecular complexity index is 1040. The minimum Gasteiger partial charge on any atom is -0.368 e. The lowest BCUT2D eigenvalue weighted by Crippen LogP contribution is -2.23. The van der Waals surface area contributed by atoms with E-state index in [0.29, 0.717) is 0 Å². The average molecular weight is 378 g/mol. The first-order valence-corrected chi connectivity index (χ1v) is 8.27. The number of nitrogens with zero attached hydrogens (tertiary/aromatic N) is 3. The molecule has 8 nitrogen and oxygen atoms in total. The number of hydrogen-bond acceptors (Lipinski definition) is 7. The van der Waals surface area contributed by atoms with E-state index in [9.17, 15) is 18.4 Å². The highest BCUT2D eigenvalue weighted by molar-refractivity contribution is 7.98. The van der Waals surface area contributed by atoms with Crippen LogP contribution >= 0.6 is 11.8 Å². The molecule has 4 N–H and O–H groups in total. The normalized spacial score (nSPS) is 10.8. The van der Waals surface area contributed by atoms with Crippen LogP contribution in [0.3, 0.4) is 0 Å². The molecule has 0 fully saturated rings. The van der Waals surface area contributed by atoms with Crippen LogP contribution in [0.4, 0.5) is 14.6 Å². The second-order valence-corrected chi connectivity index (χ2v) is 6.06. The summed E-state index contributed by atoms with van der Waals surface area (Å²) in [6, 6.07) is 3.87. The maximum atomic E-state index is 13.7. The number of rotatable bonds is 6. The predicted molar refractivity (Wildman–Crippen MR) is 91.6 cm³/mol. The molecule has 0 bridgehead atoms. The third kappa shape index (κ3) is 3.94. The predicted octanol–water partition coefficient (Wildman–Crippen LogP) is 1.18. The minimum atomic E-state index is -0.945. The van der Waals surface area contributed by atoms with E-state index < -0.39 is 23.1 Å². The summed E-state index contributed by atoms with van der Waals surface area (Å²) in [5.41, 5.74) is 5.16. The van der Waals surface area contributed by atoms with Gasteiger partial charge in [0.05, 0.1) is 12.7 Å². The first kappa shape index (κ1) is 17.7. The highest BCUT2D eigenvalue weighted by Gasteiger charge is 2.13. The van der Waals surface area contributed by atoms with Gasteiger partial charge in [0.25, 0.3) is 5.56 Å². The number of benzene rings is 1. The van der Waals surface area contributed by atoms with Crippen molar-refractivity contribution in [1.29, 1.82) is 0 Å². The number of thioether (sulfide) groups is 1. The van der Waals surface area contributed by atoms with Crippen LogP contribution in [0.2, 0.25) is 0 Å². The second-order valence-electron chi connectivity index (χ2n) is 5.12. The number of halogens is 2. The molecule has 134 valence electrons. The van der Waals surface area contributed by atoms with E-state index in [1.807, 2.05) is 0 Å².